The highest BCUT2D eigenvalue weighted by Crippen LogP contribution is 2.30. The van der Waals surface area contributed by atoms with Crippen molar-refractivity contribution in [3.8, 4) is 11.3 Å². The Morgan fingerprint density at radius 3 is 2.55 bits per heavy atom. The summed E-state index contributed by atoms with van der Waals surface area (Å²) in [5, 5.41) is 3.40. The van der Waals surface area contributed by atoms with E-state index in [2.05, 4.69) is 40.0 Å². The van der Waals surface area contributed by atoms with E-state index in [9.17, 15) is 4.79 Å². The number of hydrogen-bond donors (Lipinski definition) is 1. The van der Waals surface area contributed by atoms with E-state index in [0.717, 1.165) is 46.7 Å². The Kier molecular flexibility index (Phi) is 9.27. The lowest BCUT2D eigenvalue weighted by Crippen LogP contribution is -2.36. The molecule has 0 atom stereocenters. The van der Waals surface area contributed by atoms with Gasteiger partial charge in [-0.3, -0.25) is 4.79 Å². The molecule has 8 heteroatoms. The Labute approximate surface area is 258 Å². The second-order valence-corrected chi connectivity index (χ2v) is 11.4. The zero-order valence-electron chi connectivity index (χ0n) is 25.0. The van der Waals surface area contributed by atoms with Crippen LogP contribution in [0.1, 0.15) is 36.0 Å². The fourth-order valence-electron chi connectivity index (χ4n) is 5.95. The van der Waals surface area contributed by atoms with E-state index in [0.29, 0.717) is 44.4 Å². The number of carbonyl (C=O) groups is 1. The van der Waals surface area contributed by atoms with Crippen LogP contribution < -0.4 is 15.1 Å². The lowest BCUT2D eigenvalue weighted by molar-refractivity contribution is -0.114. The highest BCUT2D eigenvalue weighted by atomic mass is 19.1. The first kappa shape index (κ1) is 29.5. The van der Waals surface area contributed by atoms with E-state index in [4.69, 9.17) is 9.72 Å². The van der Waals surface area contributed by atoms with Crippen LogP contribution in [0.15, 0.2) is 85.6 Å². The molecule has 0 radical (unpaired) electrons. The number of carbonyl (C=O) groups excluding carboxylic acids is 1. The number of anilines is 4. The lowest BCUT2D eigenvalue weighted by atomic mass is 9.98. The molecule has 7 nitrogen and oxygen atoms in total. The normalized spacial score (nSPS) is 15.2. The van der Waals surface area contributed by atoms with Crippen molar-refractivity contribution in [3.63, 3.8) is 0 Å². The molecule has 6 rings (SSSR count). The Balaban J connectivity index is 1.30. The molecule has 226 valence electrons. The smallest absolute Gasteiger partial charge is 0.227 e. The maximum atomic E-state index is 15.3. The van der Waals surface area contributed by atoms with Crippen LogP contribution in [0.4, 0.5) is 27.4 Å². The zero-order chi connectivity index (χ0) is 30.3. The largest absolute Gasteiger partial charge is 0.378 e. The molecule has 0 spiro atoms. The monoisotopic (exact) mass is 591 g/mol. The summed E-state index contributed by atoms with van der Waals surface area (Å²) in [4.78, 5) is 26.2. The third kappa shape index (κ3) is 7.14. The summed E-state index contributed by atoms with van der Waals surface area (Å²) in [5.74, 6) is 0.182. The number of rotatable bonds is 10. The third-order valence-corrected chi connectivity index (χ3v) is 8.25. The van der Waals surface area contributed by atoms with E-state index < -0.39 is 0 Å². The minimum absolute atomic E-state index is 0.0446. The van der Waals surface area contributed by atoms with Gasteiger partial charge in [0.25, 0.3) is 0 Å². The standard InChI is InChI=1S/C36H38FN5O2/c1-2-32(43)22-26-8-6-9-28(20-26)35-29(21-27-12-13-34(33(37)23-27)42-16-18-44-19-17-42)25-38-36(40-35)39-30-10-7-11-31(24-30)41-14-4-3-5-15-41/h2,6-13,20,23-25H,1,3-5,14-19,21-22H2,(H,38,39,40). The van der Waals surface area contributed by atoms with Crippen molar-refractivity contribution in [3.05, 3.63) is 108 Å². The molecule has 2 saturated heterocycles. The first-order chi connectivity index (χ1) is 21.6. The molecule has 2 aliphatic rings. The van der Waals surface area contributed by atoms with Crippen LogP contribution in [0.2, 0.25) is 0 Å². The van der Waals surface area contributed by atoms with Gasteiger partial charge in [0, 0.05) is 67.7 Å². The molecule has 0 saturated carbocycles. The van der Waals surface area contributed by atoms with Gasteiger partial charge < -0.3 is 19.9 Å². The molecule has 0 aliphatic carbocycles. The first-order valence-electron chi connectivity index (χ1n) is 15.4. The summed E-state index contributed by atoms with van der Waals surface area (Å²) in [6.07, 6.45) is 7.58. The van der Waals surface area contributed by atoms with Crippen molar-refractivity contribution < 1.29 is 13.9 Å². The quantitative estimate of drug-likeness (QED) is 0.205. The van der Waals surface area contributed by atoms with E-state index in [1.54, 1.807) is 6.07 Å². The van der Waals surface area contributed by atoms with Gasteiger partial charge in [-0.25, -0.2) is 14.4 Å². The number of halogens is 1. The minimum atomic E-state index is -0.247. The fraction of sp³-hybridized carbons (Fsp3) is 0.306. The maximum Gasteiger partial charge on any atom is 0.227 e. The summed E-state index contributed by atoms with van der Waals surface area (Å²) >= 11 is 0. The minimum Gasteiger partial charge on any atom is -0.378 e. The van der Waals surface area contributed by atoms with Crippen molar-refractivity contribution in [2.45, 2.75) is 32.1 Å². The molecule has 3 aromatic carbocycles. The topological polar surface area (TPSA) is 70.6 Å². The highest BCUT2D eigenvalue weighted by Gasteiger charge is 2.18. The van der Waals surface area contributed by atoms with Crippen LogP contribution in [0, 0.1) is 5.82 Å². The van der Waals surface area contributed by atoms with E-state index >= 15 is 4.39 Å². The van der Waals surface area contributed by atoms with Gasteiger partial charge in [0.15, 0.2) is 5.78 Å². The predicted molar refractivity (Wildman–Crippen MR) is 174 cm³/mol. The summed E-state index contributed by atoms with van der Waals surface area (Å²) in [6, 6.07) is 21.6. The Bertz CT molecular complexity index is 1630. The molecular formula is C36H38FN5O2. The van der Waals surface area contributed by atoms with Crippen LogP contribution >= 0.6 is 0 Å². The molecule has 1 N–H and O–H groups in total. The summed E-state index contributed by atoms with van der Waals surface area (Å²) < 4.78 is 20.7. The Morgan fingerprint density at radius 2 is 1.75 bits per heavy atom. The van der Waals surface area contributed by atoms with Crippen LogP contribution in [0.25, 0.3) is 11.3 Å². The number of allylic oxidation sites excluding steroid dienone is 1. The maximum absolute atomic E-state index is 15.3. The number of ether oxygens (including phenoxy) is 1. The Morgan fingerprint density at radius 1 is 0.932 bits per heavy atom. The number of piperidine rings is 1. The van der Waals surface area contributed by atoms with Gasteiger partial charge in [-0.1, -0.05) is 36.9 Å². The van der Waals surface area contributed by atoms with Gasteiger partial charge in [-0.2, -0.15) is 0 Å². The number of aromatic nitrogens is 2. The van der Waals surface area contributed by atoms with Crippen molar-refractivity contribution in [2.24, 2.45) is 0 Å². The molecular weight excluding hydrogens is 553 g/mol. The number of nitrogens with zero attached hydrogens (tertiary/aromatic N) is 4. The molecule has 2 aliphatic heterocycles. The highest BCUT2D eigenvalue weighted by molar-refractivity contribution is 5.91. The van der Waals surface area contributed by atoms with Crippen molar-refractivity contribution in [1.82, 2.24) is 9.97 Å². The van der Waals surface area contributed by atoms with Crippen LogP contribution in [-0.2, 0) is 22.4 Å². The van der Waals surface area contributed by atoms with E-state index in [-0.39, 0.29) is 18.0 Å². The first-order valence-corrected chi connectivity index (χ1v) is 15.4. The fourth-order valence-corrected chi connectivity index (χ4v) is 5.95. The number of benzene rings is 3. The van der Waals surface area contributed by atoms with Crippen LogP contribution in [0.3, 0.4) is 0 Å². The predicted octanol–water partition coefficient (Wildman–Crippen LogP) is 6.74. The van der Waals surface area contributed by atoms with Gasteiger partial charge in [0.05, 0.1) is 24.6 Å². The lowest BCUT2D eigenvalue weighted by Gasteiger charge is -2.29. The number of morpholine rings is 1. The van der Waals surface area contributed by atoms with Gasteiger partial charge in [0.1, 0.15) is 5.82 Å². The van der Waals surface area contributed by atoms with Crippen molar-refractivity contribution in [2.75, 3.05) is 54.5 Å². The van der Waals surface area contributed by atoms with Gasteiger partial charge >= 0.3 is 0 Å². The second kappa shape index (κ2) is 13.8. The average Bonchev–Trinajstić information content (AvgIpc) is 3.06. The summed E-state index contributed by atoms with van der Waals surface area (Å²) in [7, 11) is 0. The number of hydrogen-bond acceptors (Lipinski definition) is 7. The van der Waals surface area contributed by atoms with E-state index in [1.165, 1.54) is 31.0 Å². The van der Waals surface area contributed by atoms with Crippen molar-refractivity contribution in [1.29, 1.82) is 0 Å². The number of nitrogens with one attached hydrogen (secondary N) is 1. The summed E-state index contributed by atoms with van der Waals surface area (Å²) in [5.41, 5.74) is 6.88. The second-order valence-electron chi connectivity index (χ2n) is 11.4. The Hall–Kier alpha value is -4.56. The molecule has 0 amide bonds. The van der Waals surface area contributed by atoms with Crippen molar-refractivity contribution >= 4 is 28.8 Å². The molecule has 2 fully saturated rings. The zero-order valence-corrected chi connectivity index (χ0v) is 25.0. The van der Waals surface area contributed by atoms with Crippen LogP contribution in [-0.4, -0.2) is 55.1 Å². The number of ketones is 1. The molecule has 44 heavy (non-hydrogen) atoms. The van der Waals surface area contributed by atoms with Gasteiger partial charge in [-0.05, 0) is 72.9 Å². The third-order valence-electron chi connectivity index (χ3n) is 8.25. The van der Waals surface area contributed by atoms with E-state index in [1.807, 2.05) is 53.6 Å². The molecule has 4 aromatic rings. The van der Waals surface area contributed by atoms with Crippen LogP contribution in [0.5, 0.6) is 0 Å². The molecule has 3 heterocycles. The molecule has 0 bridgehead atoms. The molecule has 1 aromatic heterocycles. The SMILES string of the molecule is C=CC(=O)Cc1cccc(-c2nc(Nc3cccc(N4CCCCC4)c3)ncc2Cc2ccc(N3CCOCC3)c(F)c2)c1. The van der Waals surface area contributed by atoms with Gasteiger partial charge in [-0.15, -0.1) is 0 Å². The van der Waals surface area contributed by atoms with Gasteiger partial charge in [0.2, 0.25) is 5.95 Å². The average molecular weight is 592 g/mol. The molecule has 0 unspecified atom stereocenters. The summed E-state index contributed by atoms with van der Waals surface area (Å²) in [6.45, 7) is 8.29.